The molecule has 7 aliphatic rings. The molecule has 7 fully saturated rings. The van der Waals surface area contributed by atoms with Gasteiger partial charge in [0, 0.05) is 12.3 Å². The number of carbonyl (C=O) groups is 3. The first-order chi connectivity index (χ1) is 9.59. The number of rotatable bonds is 2. The van der Waals surface area contributed by atoms with Crippen LogP contribution >= 0.6 is 0 Å². The van der Waals surface area contributed by atoms with Gasteiger partial charge in [0.1, 0.15) is 0 Å². The Bertz CT molecular complexity index is 604. The summed E-state index contributed by atoms with van der Waals surface area (Å²) in [6.07, 6.45) is 0. The van der Waals surface area contributed by atoms with Crippen LogP contribution in [0, 0.1) is 58.7 Å². The fraction of sp³-hybridized carbons (Fsp3) is 0.800. The molecule has 0 aromatic heterocycles. The van der Waals surface area contributed by atoms with Gasteiger partial charge in [-0.1, -0.05) is 0 Å². The highest BCUT2D eigenvalue weighted by Gasteiger charge is 2.99. The van der Waals surface area contributed by atoms with Crippen LogP contribution in [0.4, 0.5) is 0 Å². The van der Waals surface area contributed by atoms with Gasteiger partial charge in [-0.3, -0.25) is 14.4 Å². The molecular weight excluding hydrogens is 260 g/mol. The number of carbonyl (C=O) groups excluding carboxylic acids is 3. The Morgan fingerprint density at radius 3 is 2.20 bits per heavy atom. The van der Waals surface area contributed by atoms with E-state index in [9.17, 15) is 14.4 Å². The Hall–Kier alpha value is -1.39. The quantitative estimate of drug-likeness (QED) is 0.532. The fourth-order valence-corrected chi connectivity index (χ4v) is 7.73. The Balaban J connectivity index is 1.38. The van der Waals surface area contributed by atoms with E-state index in [1.54, 1.807) is 0 Å². The summed E-state index contributed by atoms with van der Waals surface area (Å²) in [4.78, 5) is 34.9. The molecule has 1 saturated heterocycles. The zero-order valence-corrected chi connectivity index (χ0v) is 10.9. The van der Waals surface area contributed by atoms with Crippen molar-refractivity contribution in [1.82, 2.24) is 0 Å². The van der Waals surface area contributed by atoms with Gasteiger partial charge in [0.15, 0.2) is 0 Å². The normalized spacial score (nSPS) is 65.0. The second-order valence-electron chi connectivity index (χ2n) is 7.57. The molecule has 7 rings (SSSR count). The van der Waals surface area contributed by atoms with Crippen LogP contribution < -0.4 is 0 Å². The van der Waals surface area contributed by atoms with Crippen LogP contribution in [0.2, 0.25) is 0 Å². The van der Waals surface area contributed by atoms with Crippen molar-refractivity contribution in [3.05, 3.63) is 0 Å². The smallest absolute Gasteiger partial charge is 0.317 e. The predicted molar refractivity (Wildman–Crippen MR) is 61.6 cm³/mol. The van der Waals surface area contributed by atoms with Gasteiger partial charge in [-0.15, -0.1) is 0 Å². The molecule has 104 valence electrons. The Morgan fingerprint density at radius 2 is 1.60 bits per heavy atom. The number of cyclic esters (lactones) is 2. The van der Waals surface area contributed by atoms with E-state index in [-0.39, 0.29) is 35.2 Å². The Kier molecular flexibility index (Phi) is 1.32. The highest BCUT2D eigenvalue weighted by atomic mass is 16.6. The lowest BCUT2D eigenvalue weighted by Gasteiger charge is -2.98. The van der Waals surface area contributed by atoms with Crippen molar-refractivity contribution in [3.63, 3.8) is 0 Å². The third-order valence-electron chi connectivity index (χ3n) is 7.73. The summed E-state index contributed by atoms with van der Waals surface area (Å²) in [6, 6.07) is 0. The van der Waals surface area contributed by atoms with E-state index in [0.717, 1.165) is 0 Å². The number of hydrogen-bond acceptors (Lipinski definition) is 5. The second-order valence-corrected chi connectivity index (χ2v) is 7.57. The minimum absolute atomic E-state index is 0.140. The van der Waals surface area contributed by atoms with E-state index in [0.29, 0.717) is 48.0 Å². The van der Waals surface area contributed by atoms with Gasteiger partial charge in [0.2, 0.25) is 0 Å². The summed E-state index contributed by atoms with van der Waals surface area (Å²) in [7, 11) is 0. The van der Waals surface area contributed by atoms with Crippen molar-refractivity contribution in [2.24, 2.45) is 58.7 Å². The zero-order valence-electron chi connectivity index (χ0n) is 10.9. The number of hydrogen-bond donors (Lipinski definition) is 0. The lowest BCUT2D eigenvalue weighted by Crippen LogP contribution is -2.98. The van der Waals surface area contributed by atoms with Crippen molar-refractivity contribution in [3.8, 4) is 0 Å². The van der Waals surface area contributed by atoms with Gasteiger partial charge in [-0.25, -0.2) is 0 Å². The van der Waals surface area contributed by atoms with Crippen LogP contribution in [0.15, 0.2) is 0 Å². The van der Waals surface area contributed by atoms with Crippen molar-refractivity contribution in [2.45, 2.75) is 6.92 Å². The maximum absolute atomic E-state index is 11.9. The van der Waals surface area contributed by atoms with Gasteiger partial charge in [-0.2, -0.15) is 0 Å². The molecule has 10 atom stereocenters. The van der Waals surface area contributed by atoms with Crippen molar-refractivity contribution >= 4 is 17.9 Å². The Labute approximate surface area is 115 Å². The molecule has 0 amide bonds. The van der Waals surface area contributed by atoms with Gasteiger partial charge in [0.25, 0.3) is 0 Å². The molecule has 0 radical (unpaired) electrons. The molecule has 0 aromatic carbocycles. The van der Waals surface area contributed by atoms with Gasteiger partial charge in [0.05, 0.1) is 18.4 Å². The summed E-state index contributed by atoms with van der Waals surface area (Å²) < 4.78 is 10.2. The minimum atomic E-state index is -0.289. The van der Waals surface area contributed by atoms with Gasteiger partial charge in [-0.05, 0) is 41.4 Å². The molecule has 1 aliphatic heterocycles. The van der Waals surface area contributed by atoms with Crippen molar-refractivity contribution < 1.29 is 23.9 Å². The summed E-state index contributed by atoms with van der Waals surface area (Å²) in [6.45, 7) is 1.98. The van der Waals surface area contributed by atoms with Crippen LogP contribution in [-0.2, 0) is 23.9 Å². The van der Waals surface area contributed by atoms with E-state index in [4.69, 9.17) is 9.47 Å². The SMILES string of the molecule is CC(=O)OCC12C3[C@H]4C5[C@@H]3[C@@H]1C([C@H]1C(=O)OC(=O)[C@H]51)[C@H]42. The van der Waals surface area contributed by atoms with E-state index in [2.05, 4.69) is 0 Å². The summed E-state index contributed by atoms with van der Waals surface area (Å²) >= 11 is 0. The minimum Gasteiger partial charge on any atom is -0.465 e. The van der Waals surface area contributed by atoms with Crippen molar-refractivity contribution in [2.75, 3.05) is 6.61 Å². The average Bonchev–Trinajstić information content (AvgIpc) is 2.64. The van der Waals surface area contributed by atoms with Crippen LogP contribution in [-0.4, -0.2) is 24.5 Å². The zero-order chi connectivity index (χ0) is 13.5. The standard InChI is InChI=1S/C15H14O5/c1-3(16)19-2-15-10-7-4-5-6(14(18)20-13(5)17)9(11(7)15)12(15)8(4)10/h4-12H,2H2,1H3/t4?,5-,6+,7-,8+,9?,10?,11+,12-,15?/m1/s1. The van der Waals surface area contributed by atoms with Gasteiger partial charge < -0.3 is 9.47 Å². The number of ether oxygens (including phenoxy) is 2. The molecule has 1 heterocycles. The van der Waals surface area contributed by atoms with Crippen LogP contribution in [0.1, 0.15) is 6.92 Å². The van der Waals surface area contributed by atoms with E-state index in [1.165, 1.54) is 6.92 Å². The lowest BCUT2D eigenvalue weighted by molar-refractivity contribution is -0.534. The third-order valence-corrected chi connectivity index (χ3v) is 7.73. The maximum atomic E-state index is 11.9. The molecule has 5 heteroatoms. The highest BCUT2D eigenvalue weighted by Crippen LogP contribution is 2.98. The first-order valence-electron chi connectivity index (χ1n) is 7.48. The molecule has 20 heavy (non-hydrogen) atoms. The first-order valence-corrected chi connectivity index (χ1v) is 7.48. The molecule has 0 spiro atoms. The lowest BCUT2D eigenvalue weighted by atomic mass is 9.04. The van der Waals surface area contributed by atoms with E-state index in [1.807, 2.05) is 0 Å². The number of esters is 3. The summed E-state index contributed by atoms with van der Waals surface area (Å²) in [5.74, 6) is 2.50. The Morgan fingerprint density at radius 1 is 1.05 bits per heavy atom. The summed E-state index contributed by atoms with van der Waals surface area (Å²) in [5.41, 5.74) is 0.180. The molecule has 6 aliphatic carbocycles. The molecule has 6 saturated carbocycles. The maximum Gasteiger partial charge on any atom is 0.317 e. The van der Waals surface area contributed by atoms with Gasteiger partial charge >= 0.3 is 17.9 Å². The first kappa shape index (κ1) is 10.4. The third kappa shape index (κ3) is 0.655. The molecule has 0 aromatic rings. The summed E-state index contributed by atoms with van der Waals surface area (Å²) in [5, 5.41) is 0. The molecule has 2 bridgehead atoms. The van der Waals surface area contributed by atoms with Crippen LogP contribution in [0.3, 0.4) is 0 Å². The molecule has 4 unspecified atom stereocenters. The topological polar surface area (TPSA) is 69.7 Å². The van der Waals surface area contributed by atoms with Crippen molar-refractivity contribution in [1.29, 1.82) is 0 Å². The molecular formula is C15H14O5. The largest absolute Gasteiger partial charge is 0.465 e. The van der Waals surface area contributed by atoms with Crippen LogP contribution in [0.25, 0.3) is 0 Å². The fourth-order valence-electron chi connectivity index (χ4n) is 7.73. The van der Waals surface area contributed by atoms with Crippen LogP contribution in [0.5, 0.6) is 0 Å². The second kappa shape index (κ2) is 2.55. The molecule has 5 nitrogen and oxygen atoms in total. The molecule has 0 N–H and O–H groups in total. The highest BCUT2D eigenvalue weighted by molar-refractivity contribution is 5.98. The van der Waals surface area contributed by atoms with E-state index < -0.39 is 0 Å². The predicted octanol–water partition coefficient (Wildman–Crippen LogP) is 0.233. The monoisotopic (exact) mass is 274 g/mol. The average molecular weight is 274 g/mol. The van der Waals surface area contributed by atoms with E-state index >= 15 is 0 Å².